The maximum atomic E-state index is 11.3. The number of carboxylic acid groups (broad SMARTS) is 1. The van der Waals surface area contributed by atoms with Gasteiger partial charge in [-0.2, -0.15) is 0 Å². The molecule has 0 heterocycles. The number of nitrogens with two attached hydrogens (primary N) is 1. The first-order valence-corrected chi connectivity index (χ1v) is 6.62. The van der Waals surface area contributed by atoms with E-state index < -0.39 is 11.9 Å². The van der Waals surface area contributed by atoms with Crippen LogP contribution in [0.1, 0.15) is 0 Å². The van der Waals surface area contributed by atoms with Crippen molar-refractivity contribution < 1.29 is 24.2 Å². The highest BCUT2D eigenvalue weighted by molar-refractivity contribution is 6.36. The van der Waals surface area contributed by atoms with Crippen LogP contribution in [0.15, 0.2) is 36.4 Å². The molecule has 0 unspecified atom stereocenters. The number of amides is 1. The van der Waals surface area contributed by atoms with Crippen LogP contribution < -0.4 is 20.5 Å². The second kappa shape index (κ2) is 6.69. The fraction of sp³-hybridized carbons (Fsp3) is 0.125. The Morgan fingerprint density at radius 1 is 1.00 bits per heavy atom. The second-order valence-electron chi connectivity index (χ2n) is 4.63. The number of nitrogen functional groups attached to an aromatic ring is 1. The Morgan fingerprint density at radius 3 is 2.13 bits per heavy atom. The van der Waals surface area contributed by atoms with E-state index >= 15 is 0 Å². The molecule has 0 spiro atoms. The molecular weight excluding hydrogens is 300 g/mol. The number of aliphatic carboxylic acids is 1. The predicted molar refractivity (Wildman–Crippen MR) is 85.7 cm³/mol. The summed E-state index contributed by atoms with van der Waals surface area (Å²) in [5, 5.41) is 10.9. The molecule has 1 amide bonds. The number of carbonyl (C=O) groups is 2. The molecule has 0 aliphatic heterocycles. The van der Waals surface area contributed by atoms with Crippen LogP contribution in [0.4, 0.5) is 11.4 Å². The predicted octanol–water partition coefficient (Wildman–Crippen LogP) is 1.98. The minimum atomic E-state index is -1.57. The number of hydrogen-bond acceptors (Lipinski definition) is 5. The number of rotatable bonds is 4. The lowest BCUT2D eigenvalue weighted by molar-refractivity contribution is -0.147. The Balaban J connectivity index is 2.39. The summed E-state index contributed by atoms with van der Waals surface area (Å²) in [4.78, 5) is 21.9. The smallest absolute Gasteiger partial charge is 0.394 e. The summed E-state index contributed by atoms with van der Waals surface area (Å²) in [6.45, 7) is 0. The number of carboxylic acids is 1. The van der Waals surface area contributed by atoms with Crippen molar-refractivity contribution in [3.05, 3.63) is 36.4 Å². The average Bonchev–Trinajstić information content (AvgIpc) is 2.55. The lowest BCUT2D eigenvalue weighted by atomic mass is 10.0. The molecule has 0 radical (unpaired) electrons. The van der Waals surface area contributed by atoms with Gasteiger partial charge in [-0.25, -0.2) is 4.79 Å². The van der Waals surface area contributed by atoms with Gasteiger partial charge in [0.1, 0.15) is 11.5 Å². The Labute approximate surface area is 132 Å². The van der Waals surface area contributed by atoms with Gasteiger partial charge in [0.25, 0.3) is 0 Å². The van der Waals surface area contributed by atoms with Crippen LogP contribution in [0.5, 0.6) is 11.5 Å². The third-order valence-corrected chi connectivity index (χ3v) is 3.21. The van der Waals surface area contributed by atoms with Gasteiger partial charge in [0.2, 0.25) is 0 Å². The molecule has 2 rings (SSSR count). The highest BCUT2D eigenvalue weighted by Crippen LogP contribution is 2.33. The summed E-state index contributed by atoms with van der Waals surface area (Å²) in [6, 6.07) is 10.3. The number of benzene rings is 2. The van der Waals surface area contributed by atoms with E-state index in [4.69, 9.17) is 20.3 Å². The number of nitrogens with one attached hydrogen (secondary N) is 1. The van der Waals surface area contributed by atoms with Crippen LogP contribution >= 0.6 is 0 Å². The summed E-state index contributed by atoms with van der Waals surface area (Å²) in [6.07, 6.45) is 0. The van der Waals surface area contributed by atoms with Crippen molar-refractivity contribution in [2.75, 3.05) is 25.3 Å². The molecule has 0 aliphatic carbocycles. The van der Waals surface area contributed by atoms with E-state index in [-0.39, 0.29) is 5.69 Å². The van der Waals surface area contributed by atoms with Crippen molar-refractivity contribution >= 4 is 23.3 Å². The van der Waals surface area contributed by atoms with Crippen molar-refractivity contribution in [1.82, 2.24) is 0 Å². The maximum Gasteiger partial charge on any atom is 0.394 e. The topological polar surface area (TPSA) is 111 Å². The summed E-state index contributed by atoms with van der Waals surface area (Å²) in [5.74, 6) is -1.82. The van der Waals surface area contributed by atoms with E-state index in [0.717, 1.165) is 11.1 Å². The highest BCUT2D eigenvalue weighted by Gasteiger charge is 2.15. The molecule has 23 heavy (non-hydrogen) atoms. The Morgan fingerprint density at radius 2 is 1.57 bits per heavy atom. The van der Waals surface area contributed by atoms with Gasteiger partial charge in [-0.1, -0.05) is 12.1 Å². The lowest BCUT2D eigenvalue weighted by Gasteiger charge is -2.12. The third kappa shape index (κ3) is 3.52. The molecule has 2 aromatic rings. The first-order valence-electron chi connectivity index (χ1n) is 6.62. The van der Waals surface area contributed by atoms with Gasteiger partial charge < -0.3 is 25.6 Å². The van der Waals surface area contributed by atoms with Crippen LogP contribution in [0, 0.1) is 0 Å². The van der Waals surface area contributed by atoms with Crippen molar-refractivity contribution in [3.8, 4) is 22.6 Å². The molecule has 0 aromatic heterocycles. The molecule has 0 saturated carbocycles. The van der Waals surface area contributed by atoms with Crippen LogP contribution in [-0.4, -0.2) is 31.2 Å². The van der Waals surface area contributed by atoms with Crippen molar-refractivity contribution in [2.45, 2.75) is 0 Å². The molecule has 0 atom stereocenters. The van der Waals surface area contributed by atoms with Crippen molar-refractivity contribution in [1.29, 1.82) is 0 Å². The van der Waals surface area contributed by atoms with Crippen LogP contribution in [0.3, 0.4) is 0 Å². The third-order valence-electron chi connectivity index (χ3n) is 3.21. The van der Waals surface area contributed by atoms with Gasteiger partial charge in [0.15, 0.2) is 0 Å². The molecule has 0 fully saturated rings. The van der Waals surface area contributed by atoms with Gasteiger partial charge in [-0.05, 0) is 35.4 Å². The number of carbonyl (C=O) groups excluding carboxylic acids is 1. The minimum Gasteiger partial charge on any atom is -0.495 e. The minimum absolute atomic E-state index is 0.270. The number of anilines is 2. The lowest BCUT2D eigenvalue weighted by Crippen LogP contribution is -2.22. The van der Waals surface area contributed by atoms with E-state index in [1.165, 1.54) is 14.2 Å². The Bertz CT molecular complexity index is 758. The number of methoxy groups -OCH3 is 2. The Hall–Kier alpha value is -3.22. The van der Waals surface area contributed by atoms with E-state index in [9.17, 15) is 9.59 Å². The zero-order valence-electron chi connectivity index (χ0n) is 12.6. The van der Waals surface area contributed by atoms with Crippen LogP contribution in [-0.2, 0) is 9.59 Å². The SMILES string of the molecule is COc1cc(-c2ccc(NC(=O)C(=O)O)c(OC)c2)ccc1N. The van der Waals surface area contributed by atoms with Gasteiger partial charge in [0, 0.05) is 0 Å². The van der Waals surface area contributed by atoms with Crippen LogP contribution in [0.2, 0.25) is 0 Å². The molecule has 4 N–H and O–H groups in total. The van der Waals surface area contributed by atoms with E-state index in [1.807, 2.05) is 6.07 Å². The summed E-state index contributed by atoms with van der Waals surface area (Å²) < 4.78 is 10.4. The first kappa shape index (κ1) is 16.2. The van der Waals surface area contributed by atoms with Crippen LogP contribution in [0.25, 0.3) is 11.1 Å². The molecule has 0 aliphatic rings. The largest absolute Gasteiger partial charge is 0.495 e. The van der Waals surface area contributed by atoms with E-state index in [2.05, 4.69) is 5.32 Å². The molecule has 0 saturated heterocycles. The quantitative estimate of drug-likeness (QED) is 0.587. The average molecular weight is 316 g/mol. The normalized spacial score (nSPS) is 10.0. The van der Waals surface area contributed by atoms with Crippen molar-refractivity contribution in [3.63, 3.8) is 0 Å². The van der Waals surface area contributed by atoms with Crippen molar-refractivity contribution in [2.24, 2.45) is 0 Å². The molecule has 0 bridgehead atoms. The zero-order chi connectivity index (χ0) is 17.0. The first-order chi connectivity index (χ1) is 11.0. The Kier molecular flexibility index (Phi) is 4.70. The van der Waals surface area contributed by atoms with E-state index in [0.29, 0.717) is 17.2 Å². The molecule has 7 heteroatoms. The van der Waals surface area contributed by atoms with Gasteiger partial charge in [-0.15, -0.1) is 0 Å². The molecular formula is C16H16N2O5. The standard InChI is InChI=1S/C16H16N2O5/c1-22-13-7-9(3-5-11(13)17)10-4-6-12(14(8-10)23-2)18-15(19)16(20)21/h3-8H,17H2,1-2H3,(H,18,19)(H,20,21). The number of hydrogen-bond donors (Lipinski definition) is 3. The van der Waals surface area contributed by atoms with Gasteiger partial charge >= 0.3 is 11.9 Å². The summed E-state index contributed by atoms with van der Waals surface area (Å²) >= 11 is 0. The molecule has 7 nitrogen and oxygen atoms in total. The zero-order valence-corrected chi connectivity index (χ0v) is 12.6. The van der Waals surface area contributed by atoms with Gasteiger partial charge in [0.05, 0.1) is 25.6 Å². The maximum absolute atomic E-state index is 11.3. The molecule has 2 aromatic carbocycles. The summed E-state index contributed by atoms with van der Waals surface area (Å²) in [7, 11) is 2.96. The second-order valence-corrected chi connectivity index (χ2v) is 4.63. The fourth-order valence-electron chi connectivity index (χ4n) is 2.04. The summed E-state index contributed by atoms with van der Waals surface area (Å²) in [5.41, 5.74) is 8.22. The fourth-order valence-corrected chi connectivity index (χ4v) is 2.04. The monoisotopic (exact) mass is 316 g/mol. The van der Waals surface area contributed by atoms with Gasteiger partial charge in [-0.3, -0.25) is 4.79 Å². The number of ether oxygens (including phenoxy) is 2. The van der Waals surface area contributed by atoms with E-state index in [1.54, 1.807) is 30.3 Å². The molecule has 120 valence electrons. The highest BCUT2D eigenvalue weighted by atomic mass is 16.5.